The van der Waals surface area contributed by atoms with E-state index in [1.807, 2.05) is 30.3 Å². The van der Waals surface area contributed by atoms with Crippen LogP contribution in [0.3, 0.4) is 0 Å². The third kappa shape index (κ3) is 3.23. The van der Waals surface area contributed by atoms with E-state index in [0.717, 1.165) is 29.7 Å². The van der Waals surface area contributed by atoms with Crippen LogP contribution in [0.4, 0.5) is 11.6 Å². The Hall–Kier alpha value is -3.00. The smallest absolute Gasteiger partial charge is 0.291 e. The number of para-hydroxylation sites is 1. The van der Waals surface area contributed by atoms with Crippen LogP contribution in [0.2, 0.25) is 0 Å². The number of hydrogen-bond acceptors (Lipinski definition) is 6. The molecule has 3 heterocycles. The number of amides is 1. The van der Waals surface area contributed by atoms with Gasteiger partial charge in [0.15, 0.2) is 5.82 Å². The van der Waals surface area contributed by atoms with Gasteiger partial charge in [-0.15, -0.1) is 0 Å². The monoisotopic (exact) mass is 363 g/mol. The van der Waals surface area contributed by atoms with Gasteiger partial charge in [0.2, 0.25) is 5.82 Å². The average molecular weight is 363 g/mol. The fraction of sp³-hybridized carbons (Fsp3) is 0.368. The minimum Gasteiger partial charge on any atom is -0.333 e. The molecule has 0 bridgehead atoms. The lowest BCUT2D eigenvalue weighted by Gasteiger charge is -2.26. The normalized spacial score (nSPS) is 17.3. The van der Waals surface area contributed by atoms with Crippen molar-refractivity contribution in [1.82, 2.24) is 30.4 Å². The molecule has 2 aliphatic rings. The van der Waals surface area contributed by atoms with Crippen molar-refractivity contribution in [2.75, 3.05) is 31.5 Å². The van der Waals surface area contributed by atoms with Gasteiger partial charge in [-0.25, -0.2) is 9.97 Å². The quantitative estimate of drug-likeness (QED) is 0.656. The van der Waals surface area contributed by atoms with E-state index in [-0.39, 0.29) is 11.7 Å². The van der Waals surface area contributed by atoms with Crippen molar-refractivity contribution in [3.05, 3.63) is 41.9 Å². The fourth-order valence-corrected chi connectivity index (χ4v) is 3.40. The van der Waals surface area contributed by atoms with Crippen molar-refractivity contribution in [2.45, 2.75) is 18.8 Å². The molecule has 3 N–H and O–H groups in total. The lowest BCUT2D eigenvalue weighted by molar-refractivity contribution is 0.0724. The molecule has 0 radical (unpaired) electrons. The van der Waals surface area contributed by atoms with Crippen LogP contribution in [-0.4, -0.2) is 57.2 Å². The molecule has 8 heteroatoms. The molecule has 27 heavy (non-hydrogen) atoms. The van der Waals surface area contributed by atoms with Crippen LogP contribution < -0.4 is 10.6 Å². The van der Waals surface area contributed by atoms with Gasteiger partial charge in [0.05, 0.1) is 5.52 Å². The summed E-state index contributed by atoms with van der Waals surface area (Å²) in [5.74, 6) is 2.00. The predicted octanol–water partition coefficient (Wildman–Crippen LogP) is 2.02. The van der Waals surface area contributed by atoms with Crippen molar-refractivity contribution in [3.63, 3.8) is 0 Å². The summed E-state index contributed by atoms with van der Waals surface area (Å²) in [5, 5.41) is 14.8. The second-order valence-electron chi connectivity index (χ2n) is 7.06. The van der Waals surface area contributed by atoms with E-state index >= 15 is 0 Å². The van der Waals surface area contributed by atoms with Crippen LogP contribution in [0.25, 0.3) is 10.9 Å². The third-order valence-electron chi connectivity index (χ3n) is 5.06. The second-order valence-corrected chi connectivity index (χ2v) is 7.06. The van der Waals surface area contributed by atoms with Gasteiger partial charge in [0.25, 0.3) is 5.91 Å². The summed E-state index contributed by atoms with van der Waals surface area (Å²) >= 11 is 0. The van der Waals surface area contributed by atoms with Crippen molar-refractivity contribution >= 4 is 28.4 Å². The van der Waals surface area contributed by atoms with Gasteiger partial charge in [-0.3, -0.25) is 9.89 Å². The number of nitrogens with zero attached hydrogens (tertiary/aromatic N) is 4. The Morgan fingerprint density at radius 1 is 1.15 bits per heavy atom. The summed E-state index contributed by atoms with van der Waals surface area (Å²) in [6.45, 7) is 2.92. The maximum atomic E-state index is 12.9. The van der Waals surface area contributed by atoms with Gasteiger partial charge < -0.3 is 15.5 Å². The maximum absolute atomic E-state index is 12.9. The molecule has 138 valence electrons. The Kier molecular flexibility index (Phi) is 3.97. The zero-order chi connectivity index (χ0) is 18.2. The van der Waals surface area contributed by atoms with Crippen LogP contribution in [0.5, 0.6) is 0 Å². The summed E-state index contributed by atoms with van der Waals surface area (Å²) in [6.07, 6.45) is 2.42. The number of carbonyl (C=O) groups is 1. The zero-order valence-electron chi connectivity index (χ0n) is 14.9. The number of carbonyl (C=O) groups excluding carboxylic acids is 1. The summed E-state index contributed by atoms with van der Waals surface area (Å²) < 4.78 is 0. The van der Waals surface area contributed by atoms with E-state index in [9.17, 15) is 4.79 Å². The largest absolute Gasteiger partial charge is 0.333 e. The summed E-state index contributed by atoms with van der Waals surface area (Å²) in [4.78, 5) is 23.7. The number of H-pyrrole nitrogens is 1. The van der Waals surface area contributed by atoms with Gasteiger partial charge >= 0.3 is 0 Å². The molecule has 1 saturated carbocycles. The van der Waals surface area contributed by atoms with E-state index in [1.165, 1.54) is 12.8 Å². The molecule has 8 nitrogen and oxygen atoms in total. The van der Waals surface area contributed by atoms with Crippen LogP contribution in [0.1, 0.15) is 35.1 Å². The highest BCUT2D eigenvalue weighted by Gasteiger charge is 2.26. The highest BCUT2D eigenvalue weighted by atomic mass is 16.2. The van der Waals surface area contributed by atoms with E-state index < -0.39 is 0 Å². The minimum atomic E-state index is -0.133. The first-order valence-electron chi connectivity index (χ1n) is 9.37. The molecular formula is C19H21N7O. The number of aromatic nitrogens is 4. The number of anilines is 2. The molecule has 2 fully saturated rings. The Morgan fingerprint density at radius 3 is 2.78 bits per heavy atom. The first-order valence-corrected chi connectivity index (χ1v) is 9.37. The molecule has 0 atom stereocenters. The van der Waals surface area contributed by atoms with Gasteiger partial charge in [-0.05, 0) is 25.0 Å². The Labute approximate surface area is 156 Å². The standard InChI is InChI=1S/C19H21N7O/c27-19(26-9-7-20-8-10-26)18-21-14-4-2-1-3-13(14)17(23-18)22-16-11-15(24-25-16)12-5-6-12/h1-4,11-12,20H,5-10H2,(H2,21,22,23,24,25). The predicted molar refractivity (Wildman–Crippen MR) is 102 cm³/mol. The molecule has 2 aromatic heterocycles. The van der Waals surface area contributed by atoms with E-state index in [0.29, 0.717) is 30.6 Å². The second kappa shape index (κ2) is 6.62. The number of fused-ring (bicyclic) bond motifs is 1. The Balaban J connectivity index is 1.50. The first-order chi connectivity index (χ1) is 13.3. The number of benzene rings is 1. The Bertz CT molecular complexity index is 989. The topological polar surface area (TPSA) is 98.8 Å². The molecule has 3 aromatic rings. The molecular weight excluding hydrogens is 342 g/mol. The lowest BCUT2D eigenvalue weighted by atomic mass is 10.2. The molecule has 1 aliphatic heterocycles. The molecule has 5 rings (SSSR count). The maximum Gasteiger partial charge on any atom is 0.291 e. The molecule has 1 aliphatic carbocycles. The zero-order valence-corrected chi connectivity index (χ0v) is 14.9. The summed E-state index contributed by atoms with van der Waals surface area (Å²) in [5.41, 5.74) is 1.89. The third-order valence-corrected chi connectivity index (χ3v) is 5.06. The first kappa shape index (κ1) is 16.2. The number of rotatable bonds is 4. The molecule has 0 unspecified atom stereocenters. The minimum absolute atomic E-state index is 0.133. The van der Waals surface area contributed by atoms with Crippen molar-refractivity contribution in [3.8, 4) is 0 Å². The van der Waals surface area contributed by atoms with Gasteiger partial charge in [-0.2, -0.15) is 5.10 Å². The summed E-state index contributed by atoms with van der Waals surface area (Å²) in [6, 6.07) is 9.72. The summed E-state index contributed by atoms with van der Waals surface area (Å²) in [7, 11) is 0. The van der Waals surface area contributed by atoms with Crippen LogP contribution in [0, 0.1) is 0 Å². The van der Waals surface area contributed by atoms with Crippen molar-refractivity contribution in [1.29, 1.82) is 0 Å². The fourth-order valence-electron chi connectivity index (χ4n) is 3.40. The average Bonchev–Trinajstić information content (AvgIpc) is 3.47. The highest BCUT2D eigenvalue weighted by molar-refractivity contribution is 5.97. The Morgan fingerprint density at radius 2 is 1.96 bits per heavy atom. The lowest BCUT2D eigenvalue weighted by Crippen LogP contribution is -2.46. The van der Waals surface area contributed by atoms with Crippen molar-refractivity contribution < 1.29 is 4.79 Å². The SMILES string of the molecule is O=C(c1nc(Nc2cc(C3CC3)[nH]n2)c2ccccc2n1)N1CCNCC1. The number of piperazine rings is 1. The number of aromatic amines is 1. The molecule has 1 amide bonds. The molecule has 1 aromatic carbocycles. The number of hydrogen-bond donors (Lipinski definition) is 3. The van der Waals surface area contributed by atoms with Crippen LogP contribution in [0.15, 0.2) is 30.3 Å². The van der Waals surface area contributed by atoms with Gasteiger partial charge in [0, 0.05) is 49.2 Å². The van der Waals surface area contributed by atoms with Crippen LogP contribution in [-0.2, 0) is 0 Å². The number of nitrogens with one attached hydrogen (secondary N) is 3. The van der Waals surface area contributed by atoms with Crippen molar-refractivity contribution in [2.24, 2.45) is 0 Å². The van der Waals surface area contributed by atoms with E-state index in [1.54, 1.807) is 4.90 Å². The van der Waals surface area contributed by atoms with Gasteiger partial charge in [-0.1, -0.05) is 12.1 Å². The van der Waals surface area contributed by atoms with E-state index in [2.05, 4.69) is 30.8 Å². The highest BCUT2D eigenvalue weighted by Crippen LogP contribution is 2.39. The van der Waals surface area contributed by atoms with Crippen LogP contribution >= 0.6 is 0 Å². The van der Waals surface area contributed by atoms with Gasteiger partial charge in [0.1, 0.15) is 5.82 Å². The molecule has 1 saturated heterocycles. The molecule has 0 spiro atoms. The van der Waals surface area contributed by atoms with E-state index in [4.69, 9.17) is 0 Å².